The van der Waals surface area contributed by atoms with Gasteiger partial charge in [0.15, 0.2) is 0 Å². The van der Waals surface area contributed by atoms with Crippen molar-refractivity contribution in [2.45, 2.75) is 45.9 Å². The molecule has 0 fully saturated rings. The summed E-state index contributed by atoms with van der Waals surface area (Å²) >= 11 is 4.31. The third-order valence-corrected chi connectivity index (χ3v) is 2.16. The summed E-state index contributed by atoms with van der Waals surface area (Å²) < 4.78 is 0. The number of hydrogen-bond donors (Lipinski definition) is 1. The molecule has 0 N–H and O–H groups in total. The molecule has 0 saturated heterocycles. The largest absolute Gasteiger partial charge is 0.237 e. The van der Waals surface area contributed by atoms with Gasteiger partial charge in [0.2, 0.25) is 0 Å². The van der Waals surface area contributed by atoms with Gasteiger partial charge in [-0.1, -0.05) is 20.8 Å². The van der Waals surface area contributed by atoms with Crippen LogP contribution in [0.25, 0.3) is 0 Å². The van der Waals surface area contributed by atoms with Gasteiger partial charge in [0.1, 0.15) is 5.82 Å². The molecule has 1 rings (SSSR count). The molecule has 2 nitrogen and oxygen atoms in total. The Kier molecular flexibility index (Phi) is 5.71. The molecule has 0 aromatic carbocycles. The number of nitrogens with zero attached hydrogens (tertiary/aromatic N) is 2. The highest BCUT2D eigenvalue weighted by Crippen LogP contribution is 2.15. The molecule has 0 aliphatic rings. The lowest BCUT2D eigenvalue weighted by molar-refractivity contribution is 0.872. The maximum Gasteiger partial charge on any atom is 0.125 e. The lowest BCUT2D eigenvalue weighted by Gasteiger charge is -2.04. The summed E-state index contributed by atoms with van der Waals surface area (Å²) in [7, 11) is 0. The van der Waals surface area contributed by atoms with E-state index in [-0.39, 0.29) is 0 Å². The fraction of sp³-hybridized carbons (Fsp3) is 0.600. The normalized spacial score (nSPS) is 9.08. The Morgan fingerprint density at radius 1 is 1.15 bits per heavy atom. The van der Waals surface area contributed by atoms with Crippen LogP contribution in [0.1, 0.15) is 38.0 Å². The van der Waals surface area contributed by atoms with Gasteiger partial charge in [-0.3, -0.25) is 0 Å². The second-order valence-electron chi connectivity index (χ2n) is 2.51. The Morgan fingerprint density at radius 2 is 1.69 bits per heavy atom. The second-order valence-corrected chi connectivity index (χ2v) is 2.95. The van der Waals surface area contributed by atoms with Crippen LogP contribution >= 0.6 is 12.6 Å². The molecule has 0 bridgehead atoms. The van der Waals surface area contributed by atoms with Crippen LogP contribution in [0.2, 0.25) is 0 Å². The molecule has 1 aromatic rings. The lowest BCUT2D eigenvalue weighted by atomic mass is 10.3. The lowest BCUT2D eigenvalue weighted by Crippen LogP contribution is -1.98. The molecule has 0 radical (unpaired) electrons. The van der Waals surface area contributed by atoms with Crippen molar-refractivity contribution >= 4 is 12.6 Å². The van der Waals surface area contributed by atoms with Gasteiger partial charge < -0.3 is 0 Å². The van der Waals surface area contributed by atoms with Gasteiger partial charge in [-0.2, -0.15) is 0 Å². The first-order valence-corrected chi connectivity index (χ1v) is 5.13. The van der Waals surface area contributed by atoms with Crippen molar-refractivity contribution in [2.24, 2.45) is 0 Å². The SMILES string of the molecule is CC.CCc1nc(C)nc(C)c1S. The molecule has 0 aliphatic heterocycles. The summed E-state index contributed by atoms with van der Waals surface area (Å²) in [5, 5.41) is 0. The molecule has 1 heterocycles. The van der Waals surface area contributed by atoms with E-state index in [0.29, 0.717) is 0 Å². The van der Waals surface area contributed by atoms with E-state index in [2.05, 4.69) is 29.5 Å². The summed E-state index contributed by atoms with van der Waals surface area (Å²) in [4.78, 5) is 9.39. The third kappa shape index (κ3) is 3.35. The minimum absolute atomic E-state index is 0.831. The first-order chi connectivity index (χ1) is 6.15. The summed E-state index contributed by atoms with van der Waals surface area (Å²) in [6.45, 7) is 9.93. The molecule has 0 unspecified atom stereocenters. The van der Waals surface area contributed by atoms with Crippen LogP contribution < -0.4 is 0 Å². The van der Waals surface area contributed by atoms with E-state index in [1.54, 1.807) is 0 Å². The molecule has 0 spiro atoms. The molecule has 13 heavy (non-hydrogen) atoms. The topological polar surface area (TPSA) is 25.8 Å². The van der Waals surface area contributed by atoms with Gasteiger partial charge in [0.05, 0.1) is 11.4 Å². The zero-order valence-electron chi connectivity index (χ0n) is 9.05. The first-order valence-electron chi connectivity index (χ1n) is 4.68. The molecule has 0 aliphatic carbocycles. The van der Waals surface area contributed by atoms with Gasteiger partial charge >= 0.3 is 0 Å². The van der Waals surface area contributed by atoms with Crippen LogP contribution in [-0.2, 0) is 6.42 Å². The van der Waals surface area contributed by atoms with Crippen molar-refractivity contribution in [1.29, 1.82) is 0 Å². The minimum Gasteiger partial charge on any atom is -0.237 e. The van der Waals surface area contributed by atoms with Crippen LogP contribution in [0, 0.1) is 13.8 Å². The Labute approximate surface area is 86.2 Å². The van der Waals surface area contributed by atoms with Crippen LogP contribution in [0.3, 0.4) is 0 Å². The third-order valence-electron chi connectivity index (χ3n) is 1.58. The zero-order valence-corrected chi connectivity index (χ0v) is 9.94. The summed E-state index contributed by atoms with van der Waals surface area (Å²) in [5.74, 6) is 0.831. The number of hydrogen-bond acceptors (Lipinski definition) is 3. The summed E-state index contributed by atoms with van der Waals surface area (Å²) in [6, 6.07) is 0. The highest BCUT2D eigenvalue weighted by atomic mass is 32.1. The van der Waals surface area contributed by atoms with Crippen molar-refractivity contribution in [3.8, 4) is 0 Å². The average Bonchev–Trinajstić information content (AvgIpc) is 2.14. The highest BCUT2D eigenvalue weighted by Gasteiger charge is 2.03. The Bertz CT molecular complexity index is 272. The predicted molar refractivity (Wildman–Crippen MR) is 59.5 cm³/mol. The van der Waals surface area contributed by atoms with Crippen LogP contribution in [0.15, 0.2) is 4.90 Å². The number of aryl methyl sites for hydroxylation is 3. The van der Waals surface area contributed by atoms with E-state index in [9.17, 15) is 0 Å². The smallest absolute Gasteiger partial charge is 0.125 e. The van der Waals surface area contributed by atoms with E-state index in [4.69, 9.17) is 0 Å². The number of thiol groups is 1. The number of rotatable bonds is 1. The van der Waals surface area contributed by atoms with E-state index < -0.39 is 0 Å². The van der Waals surface area contributed by atoms with Crippen molar-refractivity contribution in [2.75, 3.05) is 0 Å². The van der Waals surface area contributed by atoms with E-state index in [0.717, 1.165) is 28.5 Å². The van der Waals surface area contributed by atoms with Crippen LogP contribution in [-0.4, -0.2) is 9.97 Å². The maximum atomic E-state index is 4.31. The Hall–Kier alpha value is -0.570. The summed E-state index contributed by atoms with van der Waals surface area (Å²) in [6.07, 6.45) is 0.920. The maximum absolute atomic E-state index is 4.31. The summed E-state index contributed by atoms with van der Waals surface area (Å²) in [5.41, 5.74) is 2.01. The van der Waals surface area contributed by atoms with E-state index in [1.165, 1.54) is 0 Å². The standard InChI is InChI=1S/C8H12N2S.C2H6/c1-4-7-8(11)5(2)9-6(3)10-7;1-2/h11H,4H2,1-3H3;1-2H3. The van der Waals surface area contributed by atoms with Gasteiger partial charge in [-0.15, -0.1) is 12.6 Å². The van der Waals surface area contributed by atoms with Crippen molar-refractivity contribution < 1.29 is 0 Å². The van der Waals surface area contributed by atoms with Gasteiger partial charge in [0, 0.05) is 4.90 Å². The monoisotopic (exact) mass is 198 g/mol. The number of aromatic nitrogens is 2. The molecule has 0 saturated carbocycles. The fourth-order valence-corrected chi connectivity index (χ4v) is 1.28. The van der Waals surface area contributed by atoms with Crippen molar-refractivity contribution in [1.82, 2.24) is 9.97 Å². The molecule has 74 valence electrons. The Balaban J connectivity index is 0.000000671. The molecule has 0 atom stereocenters. The molecule has 0 amide bonds. The molecule has 3 heteroatoms. The van der Waals surface area contributed by atoms with Crippen LogP contribution in [0.5, 0.6) is 0 Å². The zero-order chi connectivity index (χ0) is 10.4. The van der Waals surface area contributed by atoms with Crippen molar-refractivity contribution in [3.05, 3.63) is 17.2 Å². The van der Waals surface area contributed by atoms with Crippen LogP contribution in [0.4, 0.5) is 0 Å². The predicted octanol–water partition coefficient (Wildman–Crippen LogP) is 2.97. The average molecular weight is 198 g/mol. The molecular formula is C10H18N2S. The highest BCUT2D eigenvalue weighted by molar-refractivity contribution is 7.80. The second kappa shape index (κ2) is 5.97. The first kappa shape index (κ1) is 12.4. The quantitative estimate of drug-likeness (QED) is 0.702. The van der Waals surface area contributed by atoms with E-state index >= 15 is 0 Å². The van der Waals surface area contributed by atoms with E-state index in [1.807, 2.05) is 27.7 Å². The minimum atomic E-state index is 0.831. The van der Waals surface area contributed by atoms with Gasteiger partial charge in [0.25, 0.3) is 0 Å². The van der Waals surface area contributed by atoms with Gasteiger partial charge in [-0.25, -0.2) is 9.97 Å². The van der Waals surface area contributed by atoms with Gasteiger partial charge in [-0.05, 0) is 20.3 Å². The van der Waals surface area contributed by atoms with Crippen molar-refractivity contribution in [3.63, 3.8) is 0 Å². The Morgan fingerprint density at radius 3 is 2.15 bits per heavy atom. The molecule has 1 aromatic heterocycles. The fourth-order valence-electron chi connectivity index (χ4n) is 1.02. The molecular weight excluding hydrogens is 180 g/mol.